The van der Waals surface area contributed by atoms with E-state index in [-0.39, 0.29) is 5.91 Å². The molecule has 2 aromatic carbocycles. The molecular weight excluding hydrogens is 396 g/mol. The highest BCUT2D eigenvalue weighted by Gasteiger charge is 2.19. The lowest BCUT2D eigenvalue weighted by atomic mass is 9.95. The number of ether oxygens (including phenoxy) is 1. The predicted octanol–water partition coefficient (Wildman–Crippen LogP) is 5.21. The van der Waals surface area contributed by atoms with E-state index in [0.717, 1.165) is 34.2 Å². The third kappa shape index (κ3) is 7.52. The molecule has 1 aliphatic heterocycles. The molecule has 0 bridgehead atoms. The molecule has 0 atom stereocenters. The van der Waals surface area contributed by atoms with Crippen LogP contribution in [-0.2, 0) is 4.79 Å². The Balaban J connectivity index is 0.000000277. The van der Waals surface area contributed by atoms with E-state index in [4.69, 9.17) is 4.74 Å². The van der Waals surface area contributed by atoms with Gasteiger partial charge >= 0.3 is 0 Å². The number of quaternary nitrogens is 1. The second-order valence-corrected chi connectivity index (χ2v) is 8.68. The van der Waals surface area contributed by atoms with Crippen LogP contribution in [0.1, 0.15) is 62.6 Å². The van der Waals surface area contributed by atoms with Gasteiger partial charge in [-0.25, -0.2) is 0 Å². The average molecular weight is 438 g/mol. The molecule has 0 aromatic heterocycles. The number of carbonyl (C=O) groups excluding carboxylic acids is 1. The summed E-state index contributed by atoms with van der Waals surface area (Å²) in [4.78, 5) is 13.9. The molecule has 0 saturated heterocycles. The summed E-state index contributed by atoms with van der Waals surface area (Å²) in [6, 6.07) is 14.6. The predicted molar refractivity (Wildman–Crippen MR) is 135 cm³/mol. The van der Waals surface area contributed by atoms with Crippen LogP contribution in [0.5, 0.6) is 5.75 Å². The summed E-state index contributed by atoms with van der Waals surface area (Å²) < 4.78 is 5.72. The van der Waals surface area contributed by atoms with Crippen LogP contribution in [0.2, 0.25) is 0 Å². The third-order valence-corrected chi connectivity index (χ3v) is 5.97. The molecule has 1 fully saturated rings. The molecule has 32 heavy (non-hydrogen) atoms. The first-order valence-electron chi connectivity index (χ1n) is 12.0. The molecule has 0 radical (unpaired) electrons. The van der Waals surface area contributed by atoms with E-state index in [1.807, 2.05) is 76.2 Å². The van der Waals surface area contributed by atoms with Gasteiger partial charge in [0.2, 0.25) is 0 Å². The van der Waals surface area contributed by atoms with Gasteiger partial charge in [-0.3, -0.25) is 4.79 Å². The van der Waals surface area contributed by atoms with Crippen LogP contribution in [0.4, 0.5) is 5.69 Å². The Hall–Kier alpha value is -2.59. The van der Waals surface area contributed by atoms with Crippen LogP contribution in [0.15, 0.2) is 48.0 Å². The van der Waals surface area contributed by atoms with Crippen LogP contribution in [0.25, 0.3) is 6.08 Å². The Bertz CT molecular complexity index is 879. The van der Waals surface area contributed by atoms with Gasteiger partial charge in [-0.05, 0) is 63.3 Å². The van der Waals surface area contributed by atoms with Gasteiger partial charge in [0.1, 0.15) is 12.4 Å². The zero-order chi connectivity index (χ0) is 23.5. The van der Waals surface area contributed by atoms with Crippen LogP contribution in [-0.4, -0.2) is 32.7 Å². The van der Waals surface area contributed by atoms with Gasteiger partial charge in [0.25, 0.3) is 5.91 Å². The van der Waals surface area contributed by atoms with Crippen LogP contribution in [0, 0.1) is 13.8 Å². The number of fused-ring (bicyclic) bond motifs is 1. The van der Waals surface area contributed by atoms with Gasteiger partial charge in [-0.2, -0.15) is 0 Å². The second-order valence-electron chi connectivity index (χ2n) is 8.68. The van der Waals surface area contributed by atoms with Crippen LogP contribution >= 0.6 is 0 Å². The van der Waals surface area contributed by atoms with Gasteiger partial charge in [-0.15, -0.1) is 0 Å². The summed E-state index contributed by atoms with van der Waals surface area (Å²) >= 11 is 0. The van der Waals surface area contributed by atoms with Crippen molar-refractivity contribution in [1.29, 1.82) is 0 Å². The van der Waals surface area contributed by atoms with Gasteiger partial charge < -0.3 is 15.0 Å². The van der Waals surface area contributed by atoms with E-state index >= 15 is 0 Å². The van der Waals surface area contributed by atoms with E-state index in [1.54, 1.807) is 4.90 Å². The smallest absolute Gasteiger partial charge is 0.255 e. The minimum absolute atomic E-state index is 0.119. The number of benzene rings is 2. The number of nitrogens with one attached hydrogen (secondary N) is 2. The van der Waals surface area contributed by atoms with Gasteiger partial charge in [0.05, 0.1) is 25.7 Å². The number of rotatable bonds is 3. The van der Waals surface area contributed by atoms with E-state index in [9.17, 15) is 4.79 Å². The number of para-hydroxylation sites is 1. The molecule has 2 aromatic rings. The number of aryl methyl sites for hydroxylation is 2. The highest BCUT2D eigenvalue weighted by molar-refractivity contribution is 6.07. The SMILES string of the molecule is CC.C[NH+](C)C1CCCCC1.Cc1ccc(NC(=O)C2=Cc3cccc(C)c3OC2)cc1. The van der Waals surface area contributed by atoms with E-state index in [1.165, 1.54) is 32.1 Å². The molecule has 1 saturated carbocycles. The third-order valence-electron chi connectivity index (χ3n) is 5.97. The Morgan fingerprint density at radius 1 is 0.969 bits per heavy atom. The van der Waals surface area contributed by atoms with Crippen LogP contribution in [0.3, 0.4) is 0 Å². The zero-order valence-electron chi connectivity index (χ0n) is 20.8. The lowest BCUT2D eigenvalue weighted by molar-refractivity contribution is -0.887. The van der Waals surface area contributed by atoms with Crippen molar-refractivity contribution in [3.05, 3.63) is 64.7 Å². The summed E-state index contributed by atoms with van der Waals surface area (Å²) in [6.07, 6.45) is 9.23. The minimum atomic E-state index is -0.119. The summed E-state index contributed by atoms with van der Waals surface area (Å²) in [5, 5.41) is 2.90. The highest BCUT2D eigenvalue weighted by atomic mass is 16.5. The zero-order valence-corrected chi connectivity index (χ0v) is 20.8. The van der Waals surface area contributed by atoms with Crippen LogP contribution < -0.4 is 15.0 Å². The Morgan fingerprint density at radius 2 is 1.62 bits per heavy atom. The maximum atomic E-state index is 12.3. The quantitative estimate of drug-likeness (QED) is 0.692. The molecule has 1 amide bonds. The van der Waals surface area contributed by atoms with Crippen molar-refractivity contribution < 1.29 is 14.4 Å². The topological polar surface area (TPSA) is 42.8 Å². The molecule has 0 unspecified atom stereocenters. The van der Waals surface area contributed by atoms with Crippen molar-refractivity contribution in [1.82, 2.24) is 0 Å². The lowest BCUT2D eigenvalue weighted by Gasteiger charge is -2.24. The molecule has 2 N–H and O–H groups in total. The van der Waals surface area contributed by atoms with Crippen molar-refractivity contribution in [3.8, 4) is 5.75 Å². The molecule has 4 rings (SSSR count). The lowest BCUT2D eigenvalue weighted by Crippen LogP contribution is -3.10. The number of anilines is 1. The van der Waals surface area contributed by atoms with Crippen molar-refractivity contribution in [2.75, 3.05) is 26.0 Å². The maximum absolute atomic E-state index is 12.3. The largest absolute Gasteiger partial charge is 0.488 e. The maximum Gasteiger partial charge on any atom is 0.255 e. The normalized spacial score (nSPS) is 15.2. The molecule has 4 nitrogen and oxygen atoms in total. The first-order chi connectivity index (χ1) is 15.4. The molecular formula is C28H41N2O2+. The Morgan fingerprint density at radius 3 is 2.22 bits per heavy atom. The Kier molecular flexibility index (Phi) is 10.5. The summed E-state index contributed by atoms with van der Waals surface area (Å²) in [7, 11) is 4.55. The Labute approximate surface area is 194 Å². The summed E-state index contributed by atoms with van der Waals surface area (Å²) in [6.45, 7) is 8.32. The summed E-state index contributed by atoms with van der Waals surface area (Å²) in [5.74, 6) is 0.746. The first-order valence-corrected chi connectivity index (χ1v) is 12.0. The number of hydrogen-bond acceptors (Lipinski definition) is 2. The number of amides is 1. The van der Waals surface area contributed by atoms with E-state index < -0.39 is 0 Å². The van der Waals surface area contributed by atoms with E-state index in [2.05, 4.69) is 19.4 Å². The van der Waals surface area contributed by atoms with Gasteiger partial charge in [0.15, 0.2) is 0 Å². The van der Waals surface area contributed by atoms with Crippen molar-refractivity contribution in [2.45, 2.75) is 65.8 Å². The van der Waals surface area contributed by atoms with Gasteiger partial charge in [0, 0.05) is 11.3 Å². The fourth-order valence-electron chi connectivity index (χ4n) is 4.02. The highest BCUT2D eigenvalue weighted by Crippen LogP contribution is 2.30. The molecule has 2 aliphatic rings. The van der Waals surface area contributed by atoms with Crippen molar-refractivity contribution in [2.24, 2.45) is 0 Å². The van der Waals surface area contributed by atoms with Crippen molar-refractivity contribution >= 4 is 17.7 Å². The van der Waals surface area contributed by atoms with Gasteiger partial charge in [-0.1, -0.05) is 56.2 Å². The number of hydrogen-bond donors (Lipinski definition) is 2. The minimum Gasteiger partial charge on any atom is -0.488 e. The average Bonchev–Trinajstić information content (AvgIpc) is 2.83. The fraction of sp³-hybridized carbons (Fsp3) is 0.464. The molecule has 1 aliphatic carbocycles. The molecule has 4 heteroatoms. The second kappa shape index (κ2) is 13.1. The monoisotopic (exact) mass is 437 g/mol. The molecule has 1 heterocycles. The summed E-state index contributed by atoms with van der Waals surface area (Å²) in [5.41, 5.74) is 4.63. The number of carbonyl (C=O) groups is 1. The molecule has 174 valence electrons. The fourth-order valence-corrected chi connectivity index (χ4v) is 4.02. The standard InChI is InChI=1S/C18H17NO2.C8H17N.C2H6/c1-12-6-8-16(9-7-12)19-18(20)15-10-14-5-3-4-13(2)17(14)21-11-15;1-9(2)8-6-4-3-5-7-8;1-2/h3-10H,11H2,1-2H3,(H,19,20);8H,3-7H2,1-2H3;1-2H3/p+1. The van der Waals surface area contributed by atoms with Crippen molar-refractivity contribution in [3.63, 3.8) is 0 Å². The van der Waals surface area contributed by atoms with E-state index in [0.29, 0.717) is 12.2 Å². The molecule has 0 spiro atoms. The first kappa shape index (κ1) is 25.7.